The lowest BCUT2D eigenvalue weighted by Crippen LogP contribution is -2.27. The summed E-state index contributed by atoms with van der Waals surface area (Å²) in [5, 5.41) is 7.06. The van der Waals surface area contributed by atoms with Crippen LogP contribution in [0.1, 0.15) is 33.4 Å². The van der Waals surface area contributed by atoms with Gasteiger partial charge in [-0.05, 0) is 33.2 Å². The smallest absolute Gasteiger partial charge is 0.412 e. The van der Waals surface area contributed by atoms with E-state index in [-0.39, 0.29) is 0 Å². The number of nitrogens with zero attached hydrogens (tertiary/aromatic N) is 2. The van der Waals surface area contributed by atoms with E-state index in [1.54, 1.807) is 10.9 Å². The predicted molar refractivity (Wildman–Crippen MR) is 95.6 cm³/mol. The fraction of sp³-hybridized carbons (Fsp3) is 0.750. The minimum Gasteiger partial charge on any atom is -0.444 e. The number of hydrogen-bond acceptors (Lipinski definition) is 4. The Labute approximate surface area is 140 Å². The standard InChI is InChI=1S/C16H31N3O3Si/c1-8-14-13(18-15(20)22-16(2,3)4)11-17-19(14)12-21-9-10-23(5,6)7/h11H,8-10,12H2,1-7H3,(H,18,20). The summed E-state index contributed by atoms with van der Waals surface area (Å²) in [7, 11) is -1.08. The van der Waals surface area contributed by atoms with Crippen LogP contribution in [0.15, 0.2) is 6.20 Å². The fourth-order valence-corrected chi connectivity index (χ4v) is 2.70. The highest BCUT2D eigenvalue weighted by atomic mass is 28.3. The summed E-state index contributed by atoms with van der Waals surface area (Å²) in [4.78, 5) is 11.9. The molecule has 1 N–H and O–H groups in total. The molecule has 0 atom stereocenters. The second-order valence-electron chi connectivity index (χ2n) is 7.83. The molecule has 1 amide bonds. The van der Waals surface area contributed by atoms with Crippen LogP contribution in [0.2, 0.25) is 25.7 Å². The van der Waals surface area contributed by atoms with Crippen molar-refractivity contribution in [2.75, 3.05) is 11.9 Å². The normalized spacial score (nSPS) is 12.3. The van der Waals surface area contributed by atoms with Gasteiger partial charge in [-0.2, -0.15) is 5.10 Å². The molecule has 0 saturated carbocycles. The lowest BCUT2D eigenvalue weighted by atomic mass is 10.2. The molecule has 0 fully saturated rings. The van der Waals surface area contributed by atoms with E-state index in [4.69, 9.17) is 9.47 Å². The van der Waals surface area contributed by atoms with E-state index in [1.165, 1.54) is 0 Å². The minimum absolute atomic E-state index is 0.406. The van der Waals surface area contributed by atoms with E-state index in [0.29, 0.717) is 12.4 Å². The summed E-state index contributed by atoms with van der Waals surface area (Å²) in [5.41, 5.74) is 1.09. The third kappa shape index (κ3) is 7.65. The van der Waals surface area contributed by atoms with Crippen LogP contribution in [0.3, 0.4) is 0 Å². The van der Waals surface area contributed by atoms with E-state index in [2.05, 4.69) is 30.1 Å². The molecule has 0 bridgehead atoms. The van der Waals surface area contributed by atoms with Crippen molar-refractivity contribution in [2.24, 2.45) is 0 Å². The number of hydrogen-bond donors (Lipinski definition) is 1. The maximum absolute atomic E-state index is 11.9. The maximum atomic E-state index is 11.9. The van der Waals surface area contributed by atoms with Gasteiger partial charge in [0, 0.05) is 14.7 Å². The Morgan fingerprint density at radius 1 is 1.35 bits per heavy atom. The molecular formula is C16H31N3O3Si. The first-order valence-corrected chi connectivity index (χ1v) is 11.8. The maximum Gasteiger partial charge on any atom is 0.412 e. The summed E-state index contributed by atoms with van der Waals surface area (Å²) in [6.07, 6.45) is 1.93. The number of anilines is 1. The van der Waals surface area contributed by atoms with Crippen LogP contribution in [-0.4, -0.2) is 36.2 Å². The Morgan fingerprint density at radius 2 is 2.00 bits per heavy atom. The summed E-state index contributed by atoms with van der Waals surface area (Å²) < 4.78 is 12.8. The average Bonchev–Trinajstić information content (AvgIpc) is 2.73. The molecule has 0 aliphatic rings. The van der Waals surface area contributed by atoms with Gasteiger partial charge in [0.15, 0.2) is 0 Å². The molecule has 7 heteroatoms. The molecular weight excluding hydrogens is 310 g/mol. The summed E-state index contributed by atoms with van der Waals surface area (Å²) in [5.74, 6) is 0. The molecule has 132 valence electrons. The molecule has 23 heavy (non-hydrogen) atoms. The lowest BCUT2D eigenvalue weighted by molar-refractivity contribution is 0.0634. The summed E-state index contributed by atoms with van der Waals surface area (Å²) in [6, 6.07) is 1.12. The van der Waals surface area contributed by atoms with Crippen LogP contribution < -0.4 is 5.32 Å². The number of aromatic nitrogens is 2. The highest BCUT2D eigenvalue weighted by Crippen LogP contribution is 2.18. The highest BCUT2D eigenvalue weighted by Gasteiger charge is 2.19. The molecule has 1 heterocycles. The molecule has 0 aliphatic carbocycles. The zero-order chi connectivity index (χ0) is 17.7. The number of carbonyl (C=O) groups excluding carboxylic acids is 1. The van der Waals surface area contributed by atoms with Gasteiger partial charge in [-0.25, -0.2) is 9.48 Å². The van der Waals surface area contributed by atoms with Crippen molar-refractivity contribution in [3.8, 4) is 0 Å². The van der Waals surface area contributed by atoms with Crippen molar-refractivity contribution in [2.45, 2.75) is 72.1 Å². The number of amides is 1. The van der Waals surface area contributed by atoms with Crippen LogP contribution in [0, 0.1) is 0 Å². The van der Waals surface area contributed by atoms with Gasteiger partial charge in [-0.15, -0.1) is 0 Å². The number of rotatable bonds is 7. The topological polar surface area (TPSA) is 65.4 Å². The van der Waals surface area contributed by atoms with Crippen LogP contribution in [-0.2, 0) is 22.6 Å². The SMILES string of the molecule is CCc1c(NC(=O)OC(C)(C)C)cnn1COCC[Si](C)(C)C. The van der Waals surface area contributed by atoms with E-state index in [0.717, 1.165) is 24.8 Å². The van der Waals surface area contributed by atoms with Crippen molar-refractivity contribution in [3.63, 3.8) is 0 Å². The van der Waals surface area contributed by atoms with E-state index in [9.17, 15) is 4.79 Å². The van der Waals surface area contributed by atoms with Gasteiger partial charge in [0.25, 0.3) is 0 Å². The molecule has 1 rings (SSSR count). The van der Waals surface area contributed by atoms with Crippen molar-refractivity contribution < 1.29 is 14.3 Å². The van der Waals surface area contributed by atoms with Gasteiger partial charge >= 0.3 is 6.09 Å². The van der Waals surface area contributed by atoms with Crippen molar-refractivity contribution in [1.29, 1.82) is 0 Å². The van der Waals surface area contributed by atoms with Gasteiger partial charge in [-0.1, -0.05) is 26.6 Å². The monoisotopic (exact) mass is 341 g/mol. The summed E-state index contributed by atoms with van der Waals surface area (Å²) in [6.45, 7) is 15.7. The van der Waals surface area contributed by atoms with E-state index < -0.39 is 19.8 Å². The molecule has 6 nitrogen and oxygen atoms in total. The van der Waals surface area contributed by atoms with Crippen LogP contribution in [0.5, 0.6) is 0 Å². The van der Waals surface area contributed by atoms with Crippen LogP contribution in [0.4, 0.5) is 10.5 Å². The first-order chi connectivity index (χ1) is 10.5. The first kappa shape index (κ1) is 19.7. The average molecular weight is 342 g/mol. The number of nitrogens with one attached hydrogen (secondary N) is 1. The fourth-order valence-electron chi connectivity index (χ4n) is 1.94. The van der Waals surface area contributed by atoms with Crippen LogP contribution >= 0.6 is 0 Å². The van der Waals surface area contributed by atoms with Crippen molar-refractivity contribution >= 4 is 19.9 Å². The Balaban J connectivity index is 2.60. The Kier molecular flexibility index (Phi) is 6.82. The first-order valence-electron chi connectivity index (χ1n) is 8.14. The van der Waals surface area contributed by atoms with Crippen molar-refractivity contribution in [1.82, 2.24) is 9.78 Å². The number of ether oxygens (including phenoxy) is 2. The largest absolute Gasteiger partial charge is 0.444 e. The van der Waals surface area contributed by atoms with Crippen molar-refractivity contribution in [3.05, 3.63) is 11.9 Å². The minimum atomic E-state index is -1.08. The second kappa shape index (κ2) is 7.96. The molecule has 0 unspecified atom stereocenters. The Bertz CT molecular complexity index is 516. The molecule has 0 aromatic carbocycles. The molecule has 1 aromatic heterocycles. The molecule has 0 spiro atoms. The molecule has 0 aliphatic heterocycles. The van der Waals surface area contributed by atoms with Gasteiger partial charge in [0.05, 0.1) is 17.6 Å². The molecule has 0 saturated heterocycles. The van der Waals surface area contributed by atoms with Gasteiger partial charge < -0.3 is 9.47 Å². The zero-order valence-electron chi connectivity index (χ0n) is 15.5. The number of carbonyl (C=O) groups is 1. The third-order valence-electron chi connectivity index (χ3n) is 3.13. The quantitative estimate of drug-likeness (QED) is 0.599. The lowest BCUT2D eigenvalue weighted by Gasteiger charge is -2.19. The Hall–Kier alpha value is -1.34. The van der Waals surface area contributed by atoms with Gasteiger partial charge in [0.2, 0.25) is 0 Å². The molecule has 1 aromatic rings. The Morgan fingerprint density at radius 3 is 2.52 bits per heavy atom. The molecule has 0 radical (unpaired) electrons. The van der Waals surface area contributed by atoms with Gasteiger partial charge in [-0.3, -0.25) is 5.32 Å². The van der Waals surface area contributed by atoms with E-state index >= 15 is 0 Å². The third-order valence-corrected chi connectivity index (χ3v) is 4.83. The predicted octanol–water partition coefficient (Wildman–Crippen LogP) is 4.10. The zero-order valence-corrected chi connectivity index (χ0v) is 16.5. The second-order valence-corrected chi connectivity index (χ2v) is 13.5. The van der Waals surface area contributed by atoms with E-state index in [1.807, 2.05) is 27.7 Å². The van der Waals surface area contributed by atoms with Gasteiger partial charge in [0.1, 0.15) is 12.3 Å². The van der Waals surface area contributed by atoms with Crippen LogP contribution in [0.25, 0.3) is 0 Å². The highest BCUT2D eigenvalue weighted by molar-refractivity contribution is 6.76. The summed E-state index contributed by atoms with van der Waals surface area (Å²) >= 11 is 0.